The number of carbonyl (C=O) groups excluding carboxylic acids is 3. The highest BCUT2D eigenvalue weighted by molar-refractivity contribution is 5.91. The van der Waals surface area contributed by atoms with Crippen LogP contribution in [0.4, 0.5) is 27.1 Å². The van der Waals surface area contributed by atoms with Crippen LogP contribution < -0.4 is 25.7 Å². The second kappa shape index (κ2) is 38.4. The number of carboxylic acid groups (broad SMARTS) is 1. The lowest BCUT2D eigenvalue weighted by molar-refractivity contribution is -0.385. The molecule has 0 saturated heterocycles. The fourth-order valence-corrected chi connectivity index (χ4v) is 6.02. The minimum absolute atomic E-state index is 0. The summed E-state index contributed by atoms with van der Waals surface area (Å²) in [4.78, 5) is 64.6. The lowest BCUT2D eigenvalue weighted by atomic mass is 10.2. The first kappa shape index (κ1) is 70.7. The average molecular weight is 1150 g/mol. The Balaban J connectivity index is 0.000000526. The number of esters is 3. The van der Waals surface area contributed by atoms with Crippen LogP contribution in [-0.2, 0) is 14.2 Å². The Bertz CT molecular complexity index is 3370. The molecule has 0 fully saturated rings. The van der Waals surface area contributed by atoms with E-state index in [0.29, 0.717) is 82.4 Å². The maximum Gasteiger partial charge on any atom is 0.338 e. The number of nitro groups is 2. The summed E-state index contributed by atoms with van der Waals surface area (Å²) < 4.78 is 43.4. The number of hydrogen-bond donors (Lipinski definition) is 4. The van der Waals surface area contributed by atoms with Crippen molar-refractivity contribution in [2.45, 2.75) is 42.5 Å². The summed E-state index contributed by atoms with van der Waals surface area (Å²) in [6.07, 6.45) is 4.60. The lowest BCUT2D eigenvalue weighted by Gasteiger charge is -2.07. The van der Waals surface area contributed by atoms with E-state index in [9.17, 15) is 43.8 Å². The van der Waals surface area contributed by atoms with Gasteiger partial charge in [-0.15, -0.1) is 12.3 Å². The molecule has 0 saturated carbocycles. The summed E-state index contributed by atoms with van der Waals surface area (Å²) in [5.74, 6) is 2.92. The fourth-order valence-electron chi connectivity index (χ4n) is 6.02. The van der Waals surface area contributed by atoms with Crippen molar-refractivity contribution in [2.75, 3.05) is 31.3 Å². The molecule has 84 heavy (non-hydrogen) atoms. The molecule has 6 N–H and O–H groups in total. The third kappa shape index (κ3) is 26.6. The van der Waals surface area contributed by atoms with Crippen LogP contribution in [0.3, 0.4) is 0 Å². The number of carboxylic acids is 1. The Morgan fingerprint density at radius 1 is 0.488 bits per heavy atom. The van der Waals surface area contributed by atoms with Crippen LogP contribution >= 0.6 is 0 Å². The molecule has 0 aliphatic heterocycles. The summed E-state index contributed by atoms with van der Waals surface area (Å²) >= 11 is 0. The van der Waals surface area contributed by atoms with Gasteiger partial charge in [-0.1, -0.05) is 39.1 Å². The third-order valence-corrected chi connectivity index (χ3v) is 9.68. The second-order valence-corrected chi connectivity index (χ2v) is 15.8. The number of nitrogens with two attached hydrogens (primary N) is 2. The highest BCUT2D eigenvalue weighted by Crippen LogP contribution is 2.27. The molecule has 0 aliphatic rings. The van der Waals surface area contributed by atoms with Gasteiger partial charge >= 0.3 is 23.9 Å². The predicted octanol–water partition coefficient (Wildman–Crippen LogP) is 14.8. The Kier molecular flexibility index (Phi) is 32.3. The molecular weight excluding hydrogens is 1090 g/mol. The highest BCUT2D eigenvalue weighted by atomic mass is 19.1. The van der Waals surface area contributed by atoms with Crippen LogP contribution in [0.1, 0.15) is 84.0 Å². The van der Waals surface area contributed by atoms with Gasteiger partial charge in [-0.05, 0) is 173 Å². The summed E-state index contributed by atoms with van der Waals surface area (Å²) in [5.41, 5.74) is 13.8. The molecular formula is C63H65FN4O16. The van der Waals surface area contributed by atoms with Crippen molar-refractivity contribution >= 4 is 46.6 Å². The zero-order valence-corrected chi connectivity index (χ0v) is 44.7. The number of aromatic carboxylic acids is 1. The van der Waals surface area contributed by atoms with E-state index < -0.39 is 33.6 Å². The van der Waals surface area contributed by atoms with E-state index in [4.69, 9.17) is 50.1 Å². The minimum atomic E-state index is -0.979. The Hall–Kier alpha value is -11.3. The molecule has 0 aliphatic carbocycles. The zero-order valence-electron chi connectivity index (χ0n) is 44.7. The lowest BCUT2D eigenvalue weighted by Crippen LogP contribution is -2.04. The number of anilines is 2. The number of nitrogens with zero attached hydrogens (tertiary/aromatic N) is 2. The van der Waals surface area contributed by atoms with Crippen LogP contribution in [0.5, 0.6) is 40.2 Å². The van der Waals surface area contributed by atoms with Crippen LogP contribution in [0.2, 0.25) is 0 Å². The van der Waals surface area contributed by atoms with Gasteiger partial charge in [0.1, 0.15) is 46.1 Å². The molecule has 8 aromatic rings. The number of nitro benzene ring substituents is 2. The monoisotopic (exact) mass is 1150 g/mol. The van der Waals surface area contributed by atoms with Crippen LogP contribution in [0, 0.1) is 38.4 Å². The Morgan fingerprint density at radius 3 is 1.08 bits per heavy atom. The maximum atomic E-state index is 12.1. The number of carbonyl (C=O) groups is 4. The number of phenolic OH excluding ortho intramolecular Hbond substituents is 1. The van der Waals surface area contributed by atoms with Gasteiger partial charge < -0.3 is 50.1 Å². The van der Waals surface area contributed by atoms with Gasteiger partial charge in [0.25, 0.3) is 11.4 Å². The molecule has 0 radical (unpaired) electrons. The summed E-state index contributed by atoms with van der Waals surface area (Å²) in [7, 11) is 0. The van der Waals surface area contributed by atoms with Crippen molar-refractivity contribution < 1.29 is 72.0 Å². The summed E-state index contributed by atoms with van der Waals surface area (Å²) in [6, 6.07) is 49.8. The van der Waals surface area contributed by atoms with Crippen molar-refractivity contribution in [3.8, 4) is 52.6 Å². The van der Waals surface area contributed by atoms with Gasteiger partial charge in [0.15, 0.2) is 0 Å². The van der Waals surface area contributed by atoms with Gasteiger partial charge in [0, 0.05) is 35.6 Å². The number of nitrogen functional groups attached to an aromatic ring is 2. The maximum absolute atomic E-state index is 12.1. The molecule has 8 rings (SSSR count). The molecule has 0 unspecified atom stereocenters. The molecule has 20 nitrogen and oxygen atoms in total. The number of terminal acetylenes is 1. The minimum Gasteiger partial charge on any atom is -0.508 e. The van der Waals surface area contributed by atoms with Gasteiger partial charge in [-0.2, -0.15) is 0 Å². The highest BCUT2D eigenvalue weighted by Gasteiger charge is 2.11. The van der Waals surface area contributed by atoms with Gasteiger partial charge in [-0.25, -0.2) is 23.6 Å². The number of ether oxygens (including phenoxy) is 6. The first-order valence-electron chi connectivity index (χ1n) is 24.4. The number of aromatic hydroxyl groups is 1. The molecule has 8 aromatic carbocycles. The number of phenols is 1. The predicted molar refractivity (Wildman–Crippen MR) is 318 cm³/mol. The standard InChI is InChI=1S/C15H13NO5.C15H15NO3.C13H11NO3.C9H10O3.C6H4FNO2.C3H4.2CH4/c1-2-20-15(17)11-4-3-5-14(10-11)21-13-8-6-12(7-9-13)16(18)19;1-2-18-15(17)11-4-3-5-14(10-11)19-13-8-6-12(16)7-9-13;14-10-4-6-11(7-5-10)17-12-3-1-2-9(8-12)13(15)16;1-2-12-9(11)7-4-3-5-8(10)6-7;7-5-1-3-6(4-2-5)8(9)10;1-3-2;;/h3-10H,2H2,1H3;3-10H,2,16H2,1H3;1-8H,14H2,(H,15,16);3-6,10H,2H2,1H3;1-4H;1H,2H3;2*1H4. The molecule has 0 atom stereocenters. The first-order chi connectivity index (χ1) is 39.3. The van der Waals surface area contributed by atoms with Gasteiger partial charge in [0.05, 0.1) is 51.9 Å². The van der Waals surface area contributed by atoms with E-state index in [-0.39, 0.29) is 43.5 Å². The normalized spacial score (nSPS) is 9.29. The molecule has 21 heteroatoms. The number of halogens is 1. The van der Waals surface area contributed by atoms with Crippen molar-refractivity contribution in [2.24, 2.45) is 0 Å². The molecule has 0 bridgehead atoms. The molecule has 0 amide bonds. The largest absolute Gasteiger partial charge is 0.508 e. The molecule has 0 aromatic heterocycles. The third-order valence-electron chi connectivity index (χ3n) is 9.68. The van der Waals surface area contributed by atoms with E-state index in [0.717, 1.165) is 24.3 Å². The quantitative estimate of drug-likeness (QED) is 0.0185. The van der Waals surface area contributed by atoms with E-state index in [2.05, 4.69) is 12.3 Å². The SMILES string of the molecule is C.C.C#CC.CCOC(=O)c1cccc(O)c1.CCOC(=O)c1cccc(Oc2ccc(N)cc2)c1.CCOC(=O)c1cccc(Oc2ccc([N+](=O)[O-])cc2)c1.Nc1ccc(Oc2cccc(C(=O)O)c2)cc1.O=[N+]([O-])c1ccc(F)cc1. The fraction of sp³-hybridized carbons (Fsp3) is 0.143. The zero-order chi connectivity index (χ0) is 60.4. The van der Waals surface area contributed by atoms with E-state index >= 15 is 0 Å². The topological polar surface area (TPSA) is 302 Å². The van der Waals surface area contributed by atoms with Crippen molar-refractivity contribution in [1.29, 1.82) is 0 Å². The summed E-state index contributed by atoms with van der Waals surface area (Å²) in [5, 5.41) is 38.4. The van der Waals surface area contributed by atoms with Crippen molar-refractivity contribution in [3.63, 3.8) is 0 Å². The van der Waals surface area contributed by atoms with Crippen molar-refractivity contribution in [3.05, 3.63) is 242 Å². The summed E-state index contributed by atoms with van der Waals surface area (Å²) in [6.45, 7) is 7.88. The smallest absolute Gasteiger partial charge is 0.338 e. The van der Waals surface area contributed by atoms with Crippen LogP contribution in [-0.4, -0.2) is 63.8 Å². The van der Waals surface area contributed by atoms with E-state index in [1.54, 1.807) is 149 Å². The molecule has 0 spiro atoms. The Morgan fingerprint density at radius 2 is 0.774 bits per heavy atom. The van der Waals surface area contributed by atoms with Crippen molar-refractivity contribution in [1.82, 2.24) is 0 Å². The number of benzene rings is 8. The second-order valence-electron chi connectivity index (χ2n) is 15.8. The number of non-ortho nitro benzene ring substituents is 2. The Labute approximate surface area is 485 Å². The van der Waals surface area contributed by atoms with Crippen LogP contribution in [0.25, 0.3) is 0 Å². The molecule has 0 heterocycles. The average Bonchev–Trinajstić information content (AvgIpc) is 3.56. The van der Waals surface area contributed by atoms with Gasteiger partial charge in [0.2, 0.25) is 0 Å². The van der Waals surface area contributed by atoms with E-state index in [1.807, 2.05) is 0 Å². The first-order valence-corrected chi connectivity index (χ1v) is 24.4. The van der Waals surface area contributed by atoms with Gasteiger partial charge in [-0.3, -0.25) is 20.2 Å². The number of rotatable bonds is 15. The van der Waals surface area contributed by atoms with E-state index in [1.165, 1.54) is 48.5 Å². The van der Waals surface area contributed by atoms with Crippen LogP contribution in [0.15, 0.2) is 194 Å². The molecule has 440 valence electrons. The number of hydrogen-bond acceptors (Lipinski definition) is 17.